The number of fused-ring (bicyclic) bond motifs is 1. The zero-order valence-electron chi connectivity index (χ0n) is 12.2. The summed E-state index contributed by atoms with van der Waals surface area (Å²) in [6.07, 6.45) is 0. The predicted molar refractivity (Wildman–Crippen MR) is 82.6 cm³/mol. The molecule has 0 atom stereocenters. The lowest BCUT2D eigenvalue weighted by Crippen LogP contribution is -2.19. The summed E-state index contributed by atoms with van der Waals surface area (Å²) in [6.45, 7) is 3.81. The van der Waals surface area contributed by atoms with Crippen molar-refractivity contribution in [1.29, 1.82) is 0 Å². The van der Waals surface area contributed by atoms with Gasteiger partial charge in [0, 0.05) is 12.6 Å². The minimum Gasteiger partial charge on any atom is -0.462 e. The number of carbonyl (C=O) groups is 2. The molecule has 0 saturated carbocycles. The van der Waals surface area contributed by atoms with E-state index in [0.717, 1.165) is 11.3 Å². The van der Waals surface area contributed by atoms with E-state index < -0.39 is 11.9 Å². The summed E-state index contributed by atoms with van der Waals surface area (Å²) in [4.78, 5) is 24.9. The molecule has 0 aromatic heterocycles. The van der Waals surface area contributed by atoms with E-state index in [2.05, 4.69) is 0 Å². The molecule has 0 fully saturated rings. The first kappa shape index (κ1) is 15.4. The Morgan fingerprint density at radius 1 is 1.10 bits per heavy atom. The van der Waals surface area contributed by atoms with Crippen LogP contribution in [0.25, 0.3) is 4.91 Å². The first-order chi connectivity index (χ1) is 10.1. The maximum Gasteiger partial charge on any atom is 0.346 e. The standard InChI is InChI=1S/C15H17NO4S/c1-4-19-14(17)12(15(18)20-5-2)13-10-8-6-7-9-11(10)16(3)21-13/h6-9H,4-5H2,1-3H3. The number of esters is 2. The van der Waals surface area contributed by atoms with Crippen molar-refractivity contribution in [3.63, 3.8) is 0 Å². The van der Waals surface area contributed by atoms with E-state index in [1.807, 2.05) is 35.6 Å². The molecule has 2 rings (SSSR count). The third-order valence-electron chi connectivity index (χ3n) is 2.90. The molecule has 112 valence electrons. The van der Waals surface area contributed by atoms with Gasteiger partial charge in [0.1, 0.15) is 0 Å². The molecule has 1 aromatic rings. The van der Waals surface area contributed by atoms with Crippen molar-refractivity contribution in [2.24, 2.45) is 0 Å². The number of ether oxygens (including phenoxy) is 2. The Kier molecular flexibility index (Phi) is 4.90. The fraction of sp³-hybridized carbons (Fsp3) is 0.333. The Morgan fingerprint density at radius 2 is 1.67 bits per heavy atom. The van der Waals surface area contributed by atoms with Gasteiger partial charge in [0.2, 0.25) is 0 Å². The highest BCUT2D eigenvalue weighted by atomic mass is 32.2. The minimum absolute atomic E-state index is 0.0412. The van der Waals surface area contributed by atoms with Crippen LogP contribution in [0.15, 0.2) is 29.8 Å². The number of anilines is 1. The van der Waals surface area contributed by atoms with Crippen molar-refractivity contribution in [3.8, 4) is 0 Å². The fourth-order valence-electron chi connectivity index (χ4n) is 2.03. The number of para-hydroxylation sites is 1. The lowest BCUT2D eigenvalue weighted by Gasteiger charge is -2.10. The summed E-state index contributed by atoms with van der Waals surface area (Å²) in [7, 11) is 1.88. The summed E-state index contributed by atoms with van der Waals surface area (Å²) in [5, 5.41) is 0. The average Bonchev–Trinajstić information content (AvgIpc) is 2.78. The number of rotatable bonds is 4. The van der Waals surface area contributed by atoms with E-state index >= 15 is 0 Å². The maximum absolute atomic E-state index is 12.2. The molecule has 0 N–H and O–H groups in total. The molecular formula is C15H17NO4S. The largest absolute Gasteiger partial charge is 0.462 e. The van der Waals surface area contributed by atoms with E-state index in [1.54, 1.807) is 13.8 Å². The van der Waals surface area contributed by atoms with Crippen molar-refractivity contribution in [2.45, 2.75) is 13.8 Å². The number of hydrogen-bond donors (Lipinski definition) is 0. The predicted octanol–water partition coefficient (Wildman–Crippen LogP) is 2.62. The van der Waals surface area contributed by atoms with Crippen molar-refractivity contribution >= 4 is 34.5 Å². The highest BCUT2D eigenvalue weighted by Gasteiger charge is 2.33. The molecular weight excluding hydrogens is 290 g/mol. The van der Waals surface area contributed by atoms with Crippen LogP contribution in [0.2, 0.25) is 0 Å². The molecule has 0 aliphatic carbocycles. The van der Waals surface area contributed by atoms with E-state index in [9.17, 15) is 9.59 Å². The lowest BCUT2D eigenvalue weighted by molar-refractivity contribution is -0.146. The smallest absolute Gasteiger partial charge is 0.346 e. The van der Waals surface area contributed by atoms with Gasteiger partial charge in [-0.25, -0.2) is 9.59 Å². The molecule has 6 heteroatoms. The third-order valence-corrected chi connectivity index (χ3v) is 3.98. The van der Waals surface area contributed by atoms with Gasteiger partial charge in [0.05, 0.1) is 23.8 Å². The first-order valence-electron chi connectivity index (χ1n) is 6.69. The molecule has 0 unspecified atom stereocenters. The summed E-state index contributed by atoms with van der Waals surface area (Å²) >= 11 is 1.32. The summed E-state index contributed by atoms with van der Waals surface area (Å²) in [6, 6.07) is 7.59. The first-order valence-corrected chi connectivity index (χ1v) is 7.47. The summed E-state index contributed by atoms with van der Waals surface area (Å²) in [5.41, 5.74) is 1.74. The molecule has 1 aromatic carbocycles. The molecule has 1 aliphatic heterocycles. The molecule has 21 heavy (non-hydrogen) atoms. The van der Waals surface area contributed by atoms with Gasteiger partial charge in [-0.05, 0) is 31.9 Å². The van der Waals surface area contributed by atoms with Crippen molar-refractivity contribution in [1.82, 2.24) is 0 Å². The molecule has 0 bridgehead atoms. The number of nitrogens with zero attached hydrogens (tertiary/aromatic N) is 1. The molecule has 0 saturated heterocycles. The summed E-state index contributed by atoms with van der Waals surface area (Å²) in [5.74, 6) is -1.30. The van der Waals surface area contributed by atoms with Gasteiger partial charge in [-0.1, -0.05) is 18.2 Å². The summed E-state index contributed by atoms with van der Waals surface area (Å²) < 4.78 is 11.9. The number of carbonyl (C=O) groups excluding carboxylic acids is 2. The van der Waals surface area contributed by atoms with Gasteiger partial charge in [0.25, 0.3) is 0 Å². The van der Waals surface area contributed by atoms with Crippen molar-refractivity contribution in [2.75, 3.05) is 24.6 Å². The zero-order valence-corrected chi connectivity index (χ0v) is 13.0. The maximum atomic E-state index is 12.2. The van der Waals surface area contributed by atoms with E-state index in [1.165, 1.54) is 11.9 Å². The van der Waals surface area contributed by atoms with Gasteiger partial charge >= 0.3 is 11.9 Å². The zero-order chi connectivity index (χ0) is 15.4. The van der Waals surface area contributed by atoms with E-state index in [-0.39, 0.29) is 18.8 Å². The van der Waals surface area contributed by atoms with Crippen molar-refractivity contribution < 1.29 is 19.1 Å². The monoisotopic (exact) mass is 307 g/mol. The molecule has 0 amide bonds. The van der Waals surface area contributed by atoms with Crippen LogP contribution in [-0.2, 0) is 19.1 Å². The second-order valence-electron chi connectivity index (χ2n) is 4.25. The minimum atomic E-state index is -0.649. The highest BCUT2D eigenvalue weighted by Crippen LogP contribution is 2.47. The average molecular weight is 307 g/mol. The Labute approximate surface area is 128 Å². The topological polar surface area (TPSA) is 55.8 Å². The van der Waals surface area contributed by atoms with Crippen LogP contribution in [0.3, 0.4) is 0 Å². The molecule has 1 aliphatic rings. The van der Waals surface area contributed by atoms with Crippen LogP contribution in [0.1, 0.15) is 19.4 Å². The van der Waals surface area contributed by atoms with E-state index in [4.69, 9.17) is 9.47 Å². The Hall–Kier alpha value is -1.95. The molecule has 5 nitrogen and oxygen atoms in total. The van der Waals surface area contributed by atoms with E-state index in [0.29, 0.717) is 4.91 Å². The van der Waals surface area contributed by atoms with Crippen LogP contribution in [0, 0.1) is 0 Å². The highest BCUT2D eigenvalue weighted by molar-refractivity contribution is 8.10. The van der Waals surface area contributed by atoms with Crippen LogP contribution in [-0.4, -0.2) is 32.2 Å². The SMILES string of the molecule is CCOC(=O)C(C(=O)OCC)=C1SN(C)c2ccccc21. The fourth-order valence-corrected chi connectivity index (χ4v) is 3.09. The van der Waals surface area contributed by atoms with Gasteiger partial charge in [0.15, 0.2) is 5.57 Å². The van der Waals surface area contributed by atoms with Gasteiger partial charge in [-0.2, -0.15) is 0 Å². The quantitative estimate of drug-likeness (QED) is 0.280. The molecule has 1 heterocycles. The normalized spacial score (nSPS) is 12.9. The molecule has 0 spiro atoms. The van der Waals surface area contributed by atoms with Crippen molar-refractivity contribution in [3.05, 3.63) is 35.4 Å². The second kappa shape index (κ2) is 6.67. The number of hydrogen-bond acceptors (Lipinski definition) is 6. The second-order valence-corrected chi connectivity index (χ2v) is 5.39. The van der Waals surface area contributed by atoms with Crippen LogP contribution < -0.4 is 4.31 Å². The van der Waals surface area contributed by atoms with Crippen LogP contribution in [0.4, 0.5) is 5.69 Å². The lowest BCUT2D eigenvalue weighted by atomic mass is 10.1. The Morgan fingerprint density at radius 3 is 2.24 bits per heavy atom. The van der Waals surface area contributed by atoms with Gasteiger partial charge < -0.3 is 13.8 Å². The Bertz CT molecular complexity index is 577. The number of benzene rings is 1. The van der Waals surface area contributed by atoms with Crippen LogP contribution in [0.5, 0.6) is 0 Å². The van der Waals surface area contributed by atoms with Crippen LogP contribution >= 0.6 is 11.9 Å². The molecule has 0 radical (unpaired) electrons. The van der Waals surface area contributed by atoms with Gasteiger partial charge in [-0.15, -0.1) is 0 Å². The van der Waals surface area contributed by atoms with Gasteiger partial charge in [-0.3, -0.25) is 0 Å². The Balaban J connectivity index is 2.54. The third kappa shape index (κ3) is 3.05.